The summed E-state index contributed by atoms with van der Waals surface area (Å²) in [6.07, 6.45) is 6.38. The molecule has 1 saturated heterocycles. The van der Waals surface area contributed by atoms with Gasteiger partial charge in [-0.2, -0.15) is 0 Å². The average molecular weight is 357 g/mol. The Bertz CT molecular complexity index is 973. The molecule has 1 amide bonds. The lowest BCUT2D eigenvalue weighted by Gasteiger charge is -2.35. The number of aryl methyl sites for hydroxylation is 1. The number of carbonyl (C=O) groups excluding carboxylic acids is 1. The van der Waals surface area contributed by atoms with Gasteiger partial charge in [-0.15, -0.1) is 11.3 Å². The molecule has 7 nitrogen and oxygen atoms in total. The summed E-state index contributed by atoms with van der Waals surface area (Å²) in [5, 5.41) is 2.90. The van der Waals surface area contributed by atoms with Crippen molar-refractivity contribution in [1.29, 1.82) is 0 Å². The number of nitrogens with zero attached hydrogens (tertiary/aromatic N) is 4. The van der Waals surface area contributed by atoms with E-state index in [1.807, 2.05) is 17.2 Å². The molecule has 0 aliphatic carbocycles. The van der Waals surface area contributed by atoms with E-state index in [2.05, 4.69) is 15.0 Å². The van der Waals surface area contributed by atoms with Gasteiger partial charge < -0.3 is 9.88 Å². The van der Waals surface area contributed by atoms with Crippen LogP contribution in [0.4, 0.5) is 0 Å². The number of amides is 1. The van der Waals surface area contributed by atoms with Gasteiger partial charge >= 0.3 is 0 Å². The minimum atomic E-state index is -0.130. The summed E-state index contributed by atoms with van der Waals surface area (Å²) in [6, 6.07) is 1.47. The summed E-state index contributed by atoms with van der Waals surface area (Å²) in [7, 11) is 0. The number of aromatic nitrogens is 4. The third-order valence-corrected chi connectivity index (χ3v) is 5.42. The maximum absolute atomic E-state index is 12.8. The number of piperidine rings is 1. The largest absolute Gasteiger partial charge is 0.334 e. The van der Waals surface area contributed by atoms with Crippen molar-refractivity contribution in [3.63, 3.8) is 0 Å². The zero-order valence-electron chi connectivity index (χ0n) is 13.9. The van der Waals surface area contributed by atoms with Gasteiger partial charge in [0.25, 0.3) is 5.56 Å². The summed E-state index contributed by atoms with van der Waals surface area (Å²) in [6.45, 7) is 2.64. The van der Waals surface area contributed by atoms with E-state index in [4.69, 9.17) is 0 Å². The fourth-order valence-electron chi connectivity index (χ4n) is 3.42. The van der Waals surface area contributed by atoms with E-state index in [9.17, 15) is 9.59 Å². The second kappa shape index (κ2) is 6.44. The Morgan fingerprint density at radius 2 is 2.32 bits per heavy atom. The zero-order chi connectivity index (χ0) is 17.4. The maximum atomic E-state index is 12.8. The highest BCUT2D eigenvalue weighted by Gasteiger charge is 2.29. The van der Waals surface area contributed by atoms with Gasteiger partial charge in [0.15, 0.2) is 0 Å². The fraction of sp³-hybridized carbons (Fsp3) is 0.412. The monoisotopic (exact) mass is 357 g/mol. The maximum Gasteiger partial charge on any atom is 0.259 e. The first-order chi connectivity index (χ1) is 12.1. The Morgan fingerprint density at radius 3 is 3.12 bits per heavy atom. The predicted molar refractivity (Wildman–Crippen MR) is 94.7 cm³/mol. The van der Waals surface area contributed by atoms with Gasteiger partial charge in [-0.3, -0.25) is 14.0 Å². The van der Waals surface area contributed by atoms with Crippen molar-refractivity contribution in [3.8, 4) is 0 Å². The van der Waals surface area contributed by atoms with Crippen molar-refractivity contribution in [1.82, 2.24) is 24.3 Å². The molecule has 0 radical (unpaired) electrons. The zero-order valence-corrected chi connectivity index (χ0v) is 14.8. The molecule has 4 heterocycles. The van der Waals surface area contributed by atoms with Crippen LogP contribution in [0.2, 0.25) is 0 Å². The lowest BCUT2D eigenvalue weighted by Crippen LogP contribution is -2.40. The highest BCUT2D eigenvalue weighted by molar-refractivity contribution is 7.09. The van der Waals surface area contributed by atoms with Crippen LogP contribution < -0.4 is 5.56 Å². The van der Waals surface area contributed by atoms with E-state index in [-0.39, 0.29) is 17.5 Å². The fourth-order valence-corrected chi connectivity index (χ4v) is 4.03. The van der Waals surface area contributed by atoms with Crippen molar-refractivity contribution in [2.75, 3.05) is 6.54 Å². The number of H-pyrrole nitrogens is 1. The molecule has 130 valence electrons. The molecule has 1 atom stereocenters. The van der Waals surface area contributed by atoms with E-state index in [0.29, 0.717) is 18.7 Å². The van der Waals surface area contributed by atoms with Gasteiger partial charge in [-0.25, -0.2) is 9.97 Å². The molecule has 1 aliphatic rings. The second-order valence-electron chi connectivity index (χ2n) is 6.32. The summed E-state index contributed by atoms with van der Waals surface area (Å²) in [5.41, 5.74) is 1.44. The smallest absolute Gasteiger partial charge is 0.259 e. The molecule has 25 heavy (non-hydrogen) atoms. The summed E-state index contributed by atoms with van der Waals surface area (Å²) in [4.78, 5) is 38.8. The van der Waals surface area contributed by atoms with E-state index in [1.54, 1.807) is 29.8 Å². The number of hydrogen-bond donors (Lipinski definition) is 1. The number of rotatable bonds is 3. The average Bonchev–Trinajstić information content (AvgIpc) is 3.24. The highest BCUT2D eigenvalue weighted by atomic mass is 32.1. The summed E-state index contributed by atoms with van der Waals surface area (Å²) in [5.74, 6) is 0.565. The van der Waals surface area contributed by atoms with Crippen molar-refractivity contribution < 1.29 is 4.79 Å². The molecule has 1 N–H and O–H groups in total. The Kier molecular flexibility index (Phi) is 4.12. The topological polar surface area (TPSA) is 83.4 Å². The first-order valence-corrected chi connectivity index (χ1v) is 9.26. The molecule has 0 saturated carbocycles. The van der Waals surface area contributed by atoms with Gasteiger partial charge in [0.2, 0.25) is 11.7 Å². The van der Waals surface area contributed by atoms with Crippen LogP contribution in [0.15, 0.2) is 28.6 Å². The molecular formula is C17H19N5O2S. The summed E-state index contributed by atoms with van der Waals surface area (Å²) < 4.78 is 1.47. The molecule has 1 aliphatic heterocycles. The van der Waals surface area contributed by atoms with E-state index in [0.717, 1.165) is 35.7 Å². The predicted octanol–water partition coefficient (Wildman–Crippen LogP) is 2.08. The van der Waals surface area contributed by atoms with Gasteiger partial charge in [0.1, 0.15) is 0 Å². The van der Waals surface area contributed by atoms with Crippen LogP contribution in [0.1, 0.15) is 41.7 Å². The SMILES string of the molecule is Cc1nc(CC(=O)N2CCCCC2c2cc(=O)n3ccnc3[nH]2)cs1. The lowest BCUT2D eigenvalue weighted by molar-refractivity contribution is -0.134. The first kappa shape index (κ1) is 16.0. The van der Waals surface area contributed by atoms with E-state index < -0.39 is 0 Å². The molecule has 0 bridgehead atoms. The van der Waals surface area contributed by atoms with Crippen molar-refractivity contribution in [2.45, 2.75) is 38.6 Å². The van der Waals surface area contributed by atoms with Gasteiger partial charge in [0.05, 0.1) is 23.2 Å². The van der Waals surface area contributed by atoms with Crippen LogP contribution in [-0.4, -0.2) is 36.7 Å². The van der Waals surface area contributed by atoms with E-state index >= 15 is 0 Å². The van der Waals surface area contributed by atoms with Crippen molar-refractivity contribution in [3.05, 3.63) is 50.6 Å². The van der Waals surface area contributed by atoms with Gasteiger partial charge in [0, 0.05) is 36.1 Å². The highest BCUT2D eigenvalue weighted by Crippen LogP contribution is 2.30. The number of fused-ring (bicyclic) bond motifs is 1. The quantitative estimate of drug-likeness (QED) is 0.778. The van der Waals surface area contributed by atoms with Crippen molar-refractivity contribution in [2.24, 2.45) is 0 Å². The van der Waals surface area contributed by atoms with Crippen LogP contribution in [-0.2, 0) is 11.2 Å². The molecule has 1 fully saturated rings. The number of aromatic amines is 1. The van der Waals surface area contributed by atoms with Crippen LogP contribution in [0.5, 0.6) is 0 Å². The van der Waals surface area contributed by atoms with Gasteiger partial charge in [-0.05, 0) is 26.2 Å². The molecule has 4 rings (SSSR count). The molecule has 0 aromatic carbocycles. The number of carbonyl (C=O) groups is 1. The van der Waals surface area contributed by atoms with Crippen molar-refractivity contribution >= 4 is 23.0 Å². The molecule has 0 spiro atoms. The molecule has 3 aromatic rings. The van der Waals surface area contributed by atoms with Gasteiger partial charge in [-0.1, -0.05) is 0 Å². The Balaban J connectivity index is 1.63. The minimum absolute atomic E-state index is 0.0547. The molecule has 1 unspecified atom stereocenters. The first-order valence-electron chi connectivity index (χ1n) is 8.38. The number of nitrogens with one attached hydrogen (secondary N) is 1. The normalized spacial score (nSPS) is 18.0. The molecular weight excluding hydrogens is 338 g/mol. The minimum Gasteiger partial charge on any atom is -0.334 e. The Hall–Kier alpha value is -2.48. The third-order valence-electron chi connectivity index (χ3n) is 4.59. The van der Waals surface area contributed by atoms with Crippen LogP contribution in [0, 0.1) is 6.92 Å². The number of imidazole rings is 1. The van der Waals surface area contributed by atoms with Crippen LogP contribution >= 0.6 is 11.3 Å². The lowest BCUT2D eigenvalue weighted by atomic mass is 9.98. The summed E-state index contributed by atoms with van der Waals surface area (Å²) >= 11 is 1.55. The number of likely N-dealkylation sites (tertiary alicyclic amines) is 1. The molecule has 3 aromatic heterocycles. The van der Waals surface area contributed by atoms with E-state index in [1.165, 1.54) is 4.40 Å². The van der Waals surface area contributed by atoms with Crippen LogP contribution in [0.3, 0.4) is 0 Å². The van der Waals surface area contributed by atoms with Crippen LogP contribution in [0.25, 0.3) is 5.78 Å². The molecule has 8 heteroatoms. The Labute approximate surface area is 148 Å². The number of hydrogen-bond acceptors (Lipinski definition) is 5. The number of thiazole rings is 1. The third kappa shape index (κ3) is 3.09. The standard InChI is InChI=1S/C17H19N5O2S/c1-11-19-12(10-25-11)8-15(23)21-6-3-2-4-14(21)13-9-16(24)22-7-5-18-17(22)20-13/h5,7,9-10,14H,2-4,6,8H2,1H3,(H,18,20). The Morgan fingerprint density at radius 1 is 1.44 bits per heavy atom. The second-order valence-corrected chi connectivity index (χ2v) is 7.38.